The van der Waals surface area contributed by atoms with Gasteiger partial charge in [-0.25, -0.2) is 18.4 Å². The van der Waals surface area contributed by atoms with Crippen LogP contribution in [0.5, 0.6) is 0 Å². The highest BCUT2D eigenvalue weighted by Crippen LogP contribution is 2.22. The highest BCUT2D eigenvalue weighted by molar-refractivity contribution is 7.89. The Morgan fingerprint density at radius 2 is 1.89 bits per heavy atom. The number of halogens is 1. The number of rotatable bonds is 4. The van der Waals surface area contributed by atoms with Crippen LogP contribution in [-0.4, -0.2) is 20.5 Å². The van der Waals surface area contributed by atoms with Gasteiger partial charge in [0.25, 0.3) is 0 Å². The van der Waals surface area contributed by atoms with E-state index >= 15 is 0 Å². The Morgan fingerprint density at radius 1 is 1.32 bits per heavy atom. The summed E-state index contributed by atoms with van der Waals surface area (Å²) in [5.74, 6) is -0.527. The summed E-state index contributed by atoms with van der Waals surface area (Å²) >= 11 is 5.87. The number of ether oxygens (including phenoxy) is 1. The zero-order valence-corrected chi connectivity index (χ0v) is 12.5. The Kier molecular flexibility index (Phi) is 4.95. The first-order chi connectivity index (χ1) is 8.62. The van der Waals surface area contributed by atoms with Gasteiger partial charge >= 0.3 is 5.97 Å². The molecule has 19 heavy (non-hydrogen) atoms. The van der Waals surface area contributed by atoms with Crippen molar-refractivity contribution in [1.82, 2.24) is 0 Å². The van der Waals surface area contributed by atoms with Gasteiger partial charge in [-0.2, -0.15) is 0 Å². The van der Waals surface area contributed by atoms with Crippen molar-refractivity contribution < 1.29 is 17.9 Å². The predicted molar refractivity (Wildman–Crippen MR) is 72.5 cm³/mol. The van der Waals surface area contributed by atoms with Crippen molar-refractivity contribution in [1.29, 1.82) is 0 Å². The van der Waals surface area contributed by atoms with E-state index in [1.54, 1.807) is 6.92 Å². The van der Waals surface area contributed by atoms with Crippen LogP contribution in [0.15, 0.2) is 23.1 Å². The molecular formula is C12H16ClNO4S. The SMILES string of the molecule is CC(C)C(C)OC(=O)c1cc(S(N)(=O)=O)ccc1Cl. The van der Waals surface area contributed by atoms with E-state index in [1.165, 1.54) is 12.1 Å². The minimum Gasteiger partial charge on any atom is -0.459 e. The molecule has 0 saturated carbocycles. The number of hydrogen-bond donors (Lipinski definition) is 1. The lowest BCUT2D eigenvalue weighted by molar-refractivity contribution is 0.0238. The van der Waals surface area contributed by atoms with Gasteiger partial charge in [0, 0.05) is 0 Å². The zero-order chi connectivity index (χ0) is 14.8. The maximum atomic E-state index is 11.9. The Bertz CT molecular complexity index is 583. The van der Waals surface area contributed by atoms with Crippen LogP contribution < -0.4 is 5.14 Å². The Morgan fingerprint density at radius 3 is 2.37 bits per heavy atom. The molecule has 0 aromatic heterocycles. The molecule has 0 spiro atoms. The van der Waals surface area contributed by atoms with Crippen LogP contribution in [0, 0.1) is 5.92 Å². The fourth-order valence-electron chi connectivity index (χ4n) is 1.21. The number of carbonyl (C=O) groups is 1. The first kappa shape index (κ1) is 15.9. The molecule has 0 radical (unpaired) electrons. The second-order valence-corrected chi connectivity index (χ2v) is 6.51. The molecule has 0 aliphatic heterocycles. The smallest absolute Gasteiger partial charge is 0.339 e. The normalized spacial score (nSPS) is 13.4. The van der Waals surface area contributed by atoms with E-state index < -0.39 is 16.0 Å². The minimum absolute atomic E-state index is 0.0132. The van der Waals surface area contributed by atoms with Crippen molar-refractivity contribution in [2.75, 3.05) is 0 Å². The second kappa shape index (κ2) is 5.90. The molecule has 1 rings (SSSR count). The standard InChI is InChI=1S/C12H16ClNO4S/c1-7(2)8(3)18-12(15)10-6-9(19(14,16)17)4-5-11(10)13/h4-8H,1-3H3,(H2,14,16,17). The average molecular weight is 306 g/mol. The van der Waals surface area contributed by atoms with Gasteiger partial charge in [0.2, 0.25) is 10.0 Å². The van der Waals surface area contributed by atoms with Gasteiger partial charge in [-0.15, -0.1) is 0 Å². The monoisotopic (exact) mass is 305 g/mol. The predicted octanol–water partition coefficient (Wildman–Crippen LogP) is 2.19. The largest absolute Gasteiger partial charge is 0.459 e. The summed E-state index contributed by atoms with van der Waals surface area (Å²) in [5, 5.41) is 5.12. The Balaban J connectivity index is 3.10. The second-order valence-electron chi connectivity index (χ2n) is 4.54. The van der Waals surface area contributed by atoms with Gasteiger partial charge in [-0.05, 0) is 31.0 Å². The van der Waals surface area contributed by atoms with E-state index in [0.717, 1.165) is 6.07 Å². The number of sulfonamides is 1. The van der Waals surface area contributed by atoms with Crippen molar-refractivity contribution in [2.45, 2.75) is 31.8 Å². The number of benzene rings is 1. The lowest BCUT2D eigenvalue weighted by Gasteiger charge is -2.17. The molecule has 1 aromatic carbocycles. The van der Waals surface area contributed by atoms with Crippen LogP contribution in [0.25, 0.3) is 0 Å². The first-order valence-electron chi connectivity index (χ1n) is 5.66. The van der Waals surface area contributed by atoms with E-state index in [9.17, 15) is 13.2 Å². The highest BCUT2D eigenvalue weighted by Gasteiger charge is 2.20. The van der Waals surface area contributed by atoms with E-state index in [4.69, 9.17) is 21.5 Å². The van der Waals surface area contributed by atoms with Gasteiger partial charge in [0.1, 0.15) is 6.10 Å². The third kappa shape index (κ3) is 4.19. The molecule has 0 aliphatic carbocycles. The summed E-state index contributed by atoms with van der Waals surface area (Å²) in [6.45, 7) is 5.56. The summed E-state index contributed by atoms with van der Waals surface area (Å²) in [5.41, 5.74) is -0.0132. The lowest BCUT2D eigenvalue weighted by Crippen LogP contribution is -2.21. The van der Waals surface area contributed by atoms with Crippen molar-refractivity contribution in [3.05, 3.63) is 28.8 Å². The molecule has 0 amide bonds. The molecule has 0 bridgehead atoms. The van der Waals surface area contributed by atoms with Crippen LogP contribution >= 0.6 is 11.6 Å². The maximum Gasteiger partial charge on any atom is 0.339 e. The number of nitrogens with two attached hydrogens (primary N) is 1. The molecule has 0 heterocycles. The average Bonchev–Trinajstić information content (AvgIpc) is 2.27. The fourth-order valence-corrected chi connectivity index (χ4v) is 1.94. The number of primary sulfonamides is 1. The molecule has 1 unspecified atom stereocenters. The van der Waals surface area contributed by atoms with Gasteiger partial charge < -0.3 is 4.74 Å². The molecule has 0 saturated heterocycles. The van der Waals surface area contributed by atoms with Crippen molar-refractivity contribution >= 4 is 27.6 Å². The minimum atomic E-state index is -3.89. The van der Waals surface area contributed by atoms with E-state index in [2.05, 4.69) is 0 Å². The summed E-state index contributed by atoms with van der Waals surface area (Å²) in [7, 11) is -3.89. The van der Waals surface area contributed by atoms with Crippen molar-refractivity contribution in [2.24, 2.45) is 11.1 Å². The van der Waals surface area contributed by atoms with Crippen LogP contribution in [0.4, 0.5) is 0 Å². The van der Waals surface area contributed by atoms with Crippen LogP contribution in [0.1, 0.15) is 31.1 Å². The molecular weight excluding hydrogens is 290 g/mol. The topological polar surface area (TPSA) is 86.5 Å². The molecule has 1 aromatic rings. The van der Waals surface area contributed by atoms with Gasteiger partial charge in [0.15, 0.2) is 0 Å². The number of hydrogen-bond acceptors (Lipinski definition) is 4. The first-order valence-corrected chi connectivity index (χ1v) is 7.58. The third-order valence-electron chi connectivity index (χ3n) is 2.72. The quantitative estimate of drug-likeness (QED) is 0.864. The molecule has 1 atom stereocenters. The van der Waals surface area contributed by atoms with E-state index in [0.29, 0.717) is 0 Å². The van der Waals surface area contributed by atoms with Gasteiger partial charge in [0.05, 0.1) is 15.5 Å². The van der Waals surface area contributed by atoms with Crippen molar-refractivity contribution in [3.8, 4) is 0 Å². The lowest BCUT2D eigenvalue weighted by atomic mass is 10.1. The fraction of sp³-hybridized carbons (Fsp3) is 0.417. The zero-order valence-electron chi connectivity index (χ0n) is 10.9. The van der Waals surface area contributed by atoms with E-state index in [1.807, 2.05) is 13.8 Å². The number of esters is 1. The molecule has 0 fully saturated rings. The summed E-state index contributed by atoms with van der Waals surface area (Å²) < 4.78 is 27.7. The Labute approximate surface area is 117 Å². The van der Waals surface area contributed by atoms with Gasteiger partial charge in [-0.1, -0.05) is 25.4 Å². The van der Waals surface area contributed by atoms with Gasteiger partial charge in [-0.3, -0.25) is 0 Å². The Hall–Kier alpha value is -1.11. The molecule has 2 N–H and O–H groups in total. The third-order valence-corrected chi connectivity index (χ3v) is 3.96. The van der Waals surface area contributed by atoms with E-state index in [-0.39, 0.29) is 27.5 Å². The van der Waals surface area contributed by atoms with Crippen LogP contribution in [0.3, 0.4) is 0 Å². The highest BCUT2D eigenvalue weighted by atomic mass is 35.5. The van der Waals surface area contributed by atoms with Crippen molar-refractivity contribution in [3.63, 3.8) is 0 Å². The van der Waals surface area contributed by atoms with Crippen LogP contribution in [0.2, 0.25) is 5.02 Å². The number of carbonyl (C=O) groups excluding carboxylic acids is 1. The maximum absolute atomic E-state index is 11.9. The summed E-state index contributed by atoms with van der Waals surface area (Å²) in [4.78, 5) is 11.7. The summed E-state index contributed by atoms with van der Waals surface area (Å²) in [6, 6.07) is 3.66. The molecule has 7 heteroatoms. The molecule has 106 valence electrons. The molecule has 5 nitrogen and oxygen atoms in total. The van der Waals surface area contributed by atoms with Crippen LogP contribution in [-0.2, 0) is 14.8 Å². The summed E-state index contributed by atoms with van der Waals surface area (Å²) in [6.07, 6.45) is -0.304. The molecule has 0 aliphatic rings.